The summed E-state index contributed by atoms with van der Waals surface area (Å²) in [4.78, 5) is 20.4. The van der Waals surface area contributed by atoms with Crippen LogP contribution in [0.1, 0.15) is 33.4 Å². The van der Waals surface area contributed by atoms with Crippen LogP contribution in [0.15, 0.2) is 30.5 Å². The quantitative estimate of drug-likeness (QED) is 0.758. The van der Waals surface area contributed by atoms with Gasteiger partial charge in [0.15, 0.2) is 0 Å². The van der Waals surface area contributed by atoms with Gasteiger partial charge in [-0.05, 0) is 25.0 Å². The Morgan fingerprint density at radius 1 is 1.31 bits per heavy atom. The second-order valence-electron chi connectivity index (χ2n) is 6.57. The summed E-state index contributed by atoms with van der Waals surface area (Å²) in [5.41, 5.74) is 4.16. The van der Waals surface area contributed by atoms with Crippen molar-refractivity contribution in [3.63, 3.8) is 0 Å². The van der Waals surface area contributed by atoms with Gasteiger partial charge in [0, 0.05) is 31.4 Å². The number of H-pyrrole nitrogens is 1. The second-order valence-corrected chi connectivity index (χ2v) is 6.57. The lowest BCUT2D eigenvalue weighted by atomic mass is 9.93. The minimum absolute atomic E-state index is 0.111. The number of benzene rings is 1. The Kier molecular flexibility index (Phi) is 3.99. The molecule has 1 aromatic carbocycles. The van der Waals surface area contributed by atoms with Crippen molar-refractivity contribution in [1.29, 1.82) is 0 Å². The van der Waals surface area contributed by atoms with Crippen LogP contribution in [0, 0.1) is 6.92 Å². The van der Waals surface area contributed by atoms with Crippen LogP contribution in [0.4, 0.5) is 0 Å². The molecule has 1 aliphatic rings. The van der Waals surface area contributed by atoms with E-state index in [0.717, 1.165) is 28.3 Å². The van der Waals surface area contributed by atoms with Gasteiger partial charge in [-0.2, -0.15) is 5.10 Å². The largest absolute Gasteiger partial charge is 0.496 e. The minimum Gasteiger partial charge on any atom is -0.496 e. The predicted molar refractivity (Wildman–Crippen MR) is 97.3 cm³/mol. The predicted octanol–water partition coefficient (Wildman–Crippen LogP) is 2.20. The molecule has 134 valence electrons. The van der Waals surface area contributed by atoms with Gasteiger partial charge in [0.2, 0.25) is 0 Å². The fourth-order valence-corrected chi connectivity index (χ4v) is 3.55. The standard InChI is InChI=1S/C19H21N5O2/c1-11-14(10-24(2)23-11)18-21-15-8-12(9-20-19(25)17(15)22-18)13-6-4-5-7-16(13)26-3/h4-7,10,12H,8-9H2,1-3H3,(H,20,25)(H,21,22)/t12-/m1/s1. The van der Waals surface area contributed by atoms with E-state index in [2.05, 4.69) is 20.4 Å². The maximum absolute atomic E-state index is 12.5. The Balaban J connectivity index is 1.73. The highest BCUT2D eigenvalue weighted by Gasteiger charge is 2.28. The first-order chi connectivity index (χ1) is 12.6. The maximum atomic E-state index is 12.5. The molecule has 1 aliphatic heterocycles. The molecule has 7 heteroatoms. The first-order valence-electron chi connectivity index (χ1n) is 8.57. The molecule has 0 unspecified atom stereocenters. The van der Waals surface area contributed by atoms with Crippen molar-refractivity contribution in [2.75, 3.05) is 13.7 Å². The number of amides is 1. The SMILES string of the molecule is COc1ccccc1[C@H]1CNC(=O)c2nc(-c3cn(C)nc3C)[nH]c2C1. The van der Waals surface area contributed by atoms with E-state index in [0.29, 0.717) is 24.5 Å². The van der Waals surface area contributed by atoms with E-state index in [1.807, 2.05) is 44.4 Å². The summed E-state index contributed by atoms with van der Waals surface area (Å²) >= 11 is 0. The number of carbonyl (C=O) groups excluding carboxylic acids is 1. The third-order valence-corrected chi connectivity index (χ3v) is 4.80. The summed E-state index contributed by atoms with van der Waals surface area (Å²) in [6, 6.07) is 7.93. The van der Waals surface area contributed by atoms with E-state index in [-0.39, 0.29) is 11.8 Å². The molecule has 7 nitrogen and oxygen atoms in total. The highest BCUT2D eigenvalue weighted by atomic mass is 16.5. The Hall–Kier alpha value is -3.09. The zero-order chi connectivity index (χ0) is 18.3. The molecule has 0 saturated heterocycles. The summed E-state index contributed by atoms with van der Waals surface area (Å²) < 4.78 is 7.24. The molecule has 0 spiro atoms. The number of fused-ring (bicyclic) bond motifs is 1. The number of nitrogens with one attached hydrogen (secondary N) is 2. The highest BCUT2D eigenvalue weighted by molar-refractivity contribution is 5.94. The lowest BCUT2D eigenvalue weighted by molar-refractivity contribution is 0.0950. The average Bonchev–Trinajstić information content (AvgIpc) is 3.16. The monoisotopic (exact) mass is 351 g/mol. The molecule has 0 bridgehead atoms. The zero-order valence-corrected chi connectivity index (χ0v) is 15.0. The Bertz CT molecular complexity index is 972. The van der Waals surface area contributed by atoms with Gasteiger partial charge >= 0.3 is 0 Å². The minimum atomic E-state index is -0.151. The molecule has 4 rings (SSSR count). The van der Waals surface area contributed by atoms with Gasteiger partial charge in [0.25, 0.3) is 5.91 Å². The number of hydrogen-bond donors (Lipinski definition) is 2. The van der Waals surface area contributed by atoms with Gasteiger partial charge in [-0.3, -0.25) is 9.48 Å². The van der Waals surface area contributed by atoms with E-state index in [4.69, 9.17) is 4.74 Å². The summed E-state index contributed by atoms with van der Waals surface area (Å²) in [5, 5.41) is 7.34. The van der Waals surface area contributed by atoms with Crippen molar-refractivity contribution >= 4 is 5.91 Å². The Morgan fingerprint density at radius 2 is 2.12 bits per heavy atom. The Labute approximate surface area is 151 Å². The van der Waals surface area contributed by atoms with Crippen LogP contribution in [-0.4, -0.2) is 39.3 Å². The van der Waals surface area contributed by atoms with Crippen LogP contribution in [0.3, 0.4) is 0 Å². The van der Waals surface area contributed by atoms with Gasteiger partial charge in [-0.15, -0.1) is 0 Å². The molecular formula is C19H21N5O2. The van der Waals surface area contributed by atoms with E-state index in [9.17, 15) is 4.79 Å². The number of hydrogen-bond acceptors (Lipinski definition) is 4. The number of aromatic nitrogens is 4. The molecule has 1 atom stereocenters. The zero-order valence-electron chi connectivity index (χ0n) is 15.0. The fraction of sp³-hybridized carbons (Fsp3) is 0.316. The van der Waals surface area contributed by atoms with Crippen molar-refractivity contribution in [1.82, 2.24) is 25.1 Å². The third-order valence-electron chi connectivity index (χ3n) is 4.80. The number of para-hydroxylation sites is 1. The molecule has 1 amide bonds. The fourth-order valence-electron chi connectivity index (χ4n) is 3.55. The summed E-state index contributed by atoms with van der Waals surface area (Å²) in [7, 11) is 3.54. The number of aryl methyl sites for hydroxylation is 2. The summed E-state index contributed by atoms with van der Waals surface area (Å²) in [6.45, 7) is 2.48. The topological polar surface area (TPSA) is 84.8 Å². The van der Waals surface area contributed by atoms with Crippen LogP contribution in [0.5, 0.6) is 5.75 Å². The Morgan fingerprint density at radius 3 is 2.85 bits per heavy atom. The van der Waals surface area contributed by atoms with Gasteiger partial charge in [-0.25, -0.2) is 4.98 Å². The summed E-state index contributed by atoms with van der Waals surface area (Å²) in [5.74, 6) is 1.47. The van der Waals surface area contributed by atoms with Crippen molar-refractivity contribution in [3.05, 3.63) is 53.1 Å². The van der Waals surface area contributed by atoms with Crippen molar-refractivity contribution < 1.29 is 9.53 Å². The first kappa shape index (κ1) is 16.4. The molecule has 0 aliphatic carbocycles. The van der Waals surface area contributed by atoms with E-state index in [1.54, 1.807) is 11.8 Å². The molecule has 0 saturated carbocycles. The highest BCUT2D eigenvalue weighted by Crippen LogP contribution is 2.32. The van der Waals surface area contributed by atoms with E-state index in [1.165, 1.54) is 0 Å². The average molecular weight is 351 g/mol. The number of carbonyl (C=O) groups is 1. The third kappa shape index (κ3) is 2.75. The maximum Gasteiger partial charge on any atom is 0.271 e. The van der Waals surface area contributed by atoms with Gasteiger partial charge in [0.05, 0.1) is 18.4 Å². The van der Waals surface area contributed by atoms with Gasteiger partial charge in [-0.1, -0.05) is 18.2 Å². The van der Waals surface area contributed by atoms with Crippen LogP contribution in [0.25, 0.3) is 11.4 Å². The van der Waals surface area contributed by atoms with Crippen LogP contribution >= 0.6 is 0 Å². The van der Waals surface area contributed by atoms with E-state index < -0.39 is 0 Å². The van der Waals surface area contributed by atoms with Crippen LogP contribution in [0.2, 0.25) is 0 Å². The lowest BCUT2D eigenvalue weighted by Crippen LogP contribution is -2.26. The van der Waals surface area contributed by atoms with Crippen LogP contribution < -0.4 is 10.1 Å². The van der Waals surface area contributed by atoms with E-state index >= 15 is 0 Å². The summed E-state index contributed by atoms with van der Waals surface area (Å²) in [6.07, 6.45) is 2.59. The molecular weight excluding hydrogens is 330 g/mol. The van der Waals surface area contributed by atoms with Gasteiger partial charge in [0.1, 0.15) is 17.3 Å². The van der Waals surface area contributed by atoms with Crippen LogP contribution in [-0.2, 0) is 13.5 Å². The van der Waals surface area contributed by atoms with Crippen molar-refractivity contribution in [3.8, 4) is 17.1 Å². The lowest BCUT2D eigenvalue weighted by Gasteiger charge is -2.17. The molecule has 3 heterocycles. The number of nitrogens with zero attached hydrogens (tertiary/aromatic N) is 3. The number of aromatic amines is 1. The molecule has 3 aromatic rings. The number of rotatable bonds is 3. The smallest absolute Gasteiger partial charge is 0.271 e. The molecule has 26 heavy (non-hydrogen) atoms. The van der Waals surface area contributed by atoms with Gasteiger partial charge < -0.3 is 15.0 Å². The number of ether oxygens (including phenoxy) is 1. The first-order valence-corrected chi connectivity index (χ1v) is 8.57. The number of methoxy groups -OCH3 is 1. The van der Waals surface area contributed by atoms with Crippen molar-refractivity contribution in [2.45, 2.75) is 19.3 Å². The molecule has 0 fully saturated rings. The normalized spacial score (nSPS) is 16.7. The molecule has 2 N–H and O–H groups in total. The molecule has 0 radical (unpaired) electrons. The van der Waals surface area contributed by atoms with Crippen molar-refractivity contribution in [2.24, 2.45) is 7.05 Å². The second kappa shape index (κ2) is 6.33. The number of imidazole rings is 1. The molecule has 2 aromatic heterocycles.